The summed E-state index contributed by atoms with van der Waals surface area (Å²) in [5.41, 5.74) is 2.44. The molecule has 0 saturated carbocycles. The SMILES string of the molecule is CC1SCCCC1NCc1cccc2cccnc12. The highest BCUT2D eigenvalue weighted by atomic mass is 32.2. The molecule has 0 aliphatic carbocycles. The first-order chi connectivity index (χ1) is 9.34. The van der Waals surface area contributed by atoms with Crippen molar-refractivity contribution in [3.05, 3.63) is 42.1 Å². The normalized spacial score (nSPS) is 23.6. The molecule has 0 bridgehead atoms. The van der Waals surface area contributed by atoms with Gasteiger partial charge in [-0.15, -0.1) is 0 Å². The highest BCUT2D eigenvalue weighted by Gasteiger charge is 2.21. The lowest BCUT2D eigenvalue weighted by molar-refractivity contribution is 0.463. The number of nitrogens with one attached hydrogen (secondary N) is 1. The Balaban J connectivity index is 1.74. The van der Waals surface area contributed by atoms with Crippen molar-refractivity contribution >= 4 is 22.7 Å². The summed E-state index contributed by atoms with van der Waals surface area (Å²) in [6.07, 6.45) is 4.51. The fourth-order valence-electron chi connectivity index (χ4n) is 2.74. The van der Waals surface area contributed by atoms with Crippen LogP contribution < -0.4 is 5.32 Å². The third kappa shape index (κ3) is 2.93. The van der Waals surface area contributed by atoms with Crippen LogP contribution in [0.2, 0.25) is 0 Å². The smallest absolute Gasteiger partial charge is 0.0746 e. The Morgan fingerprint density at radius 3 is 3.11 bits per heavy atom. The first-order valence-corrected chi connectivity index (χ1v) is 8.07. The summed E-state index contributed by atoms with van der Waals surface area (Å²) in [5.74, 6) is 1.31. The second-order valence-corrected chi connectivity index (χ2v) is 6.68. The molecule has 2 heterocycles. The number of thioether (sulfide) groups is 1. The van der Waals surface area contributed by atoms with E-state index in [2.05, 4.69) is 53.3 Å². The number of benzene rings is 1. The monoisotopic (exact) mass is 272 g/mol. The second-order valence-electron chi connectivity index (χ2n) is 5.20. The number of hydrogen-bond acceptors (Lipinski definition) is 3. The number of hydrogen-bond donors (Lipinski definition) is 1. The molecule has 3 rings (SSSR count). The molecule has 2 nitrogen and oxygen atoms in total. The Kier molecular flexibility index (Phi) is 4.04. The second kappa shape index (κ2) is 5.93. The van der Waals surface area contributed by atoms with Gasteiger partial charge < -0.3 is 5.32 Å². The molecule has 0 amide bonds. The predicted octanol–water partition coefficient (Wildman–Crippen LogP) is 3.61. The highest BCUT2D eigenvalue weighted by molar-refractivity contribution is 7.99. The average Bonchev–Trinajstić information content (AvgIpc) is 2.46. The van der Waals surface area contributed by atoms with Crippen molar-refractivity contribution < 1.29 is 0 Å². The average molecular weight is 272 g/mol. The minimum atomic E-state index is 0.637. The van der Waals surface area contributed by atoms with Crippen LogP contribution >= 0.6 is 11.8 Å². The summed E-state index contributed by atoms with van der Waals surface area (Å²) in [7, 11) is 0. The van der Waals surface area contributed by atoms with E-state index in [0.29, 0.717) is 6.04 Å². The lowest BCUT2D eigenvalue weighted by Crippen LogP contribution is -2.38. The number of fused-ring (bicyclic) bond motifs is 1. The van der Waals surface area contributed by atoms with Gasteiger partial charge in [0, 0.05) is 29.4 Å². The molecule has 1 aliphatic heterocycles. The fourth-order valence-corrected chi connectivity index (χ4v) is 3.91. The zero-order chi connectivity index (χ0) is 13.1. The van der Waals surface area contributed by atoms with Crippen molar-refractivity contribution in [2.45, 2.75) is 37.6 Å². The maximum absolute atomic E-state index is 4.52. The molecule has 2 atom stereocenters. The van der Waals surface area contributed by atoms with E-state index in [0.717, 1.165) is 17.3 Å². The number of rotatable bonds is 3. The van der Waals surface area contributed by atoms with Gasteiger partial charge in [0.1, 0.15) is 0 Å². The highest BCUT2D eigenvalue weighted by Crippen LogP contribution is 2.25. The van der Waals surface area contributed by atoms with E-state index in [4.69, 9.17) is 0 Å². The molecule has 1 aromatic heterocycles. The van der Waals surface area contributed by atoms with Gasteiger partial charge in [0.15, 0.2) is 0 Å². The van der Waals surface area contributed by atoms with Gasteiger partial charge in [-0.1, -0.05) is 31.2 Å². The molecule has 1 aromatic carbocycles. The van der Waals surface area contributed by atoms with Crippen molar-refractivity contribution in [3.63, 3.8) is 0 Å². The van der Waals surface area contributed by atoms with Crippen LogP contribution in [-0.4, -0.2) is 22.0 Å². The fraction of sp³-hybridized carbons (Fsp3) is 0.438. The van der Waals surface area contributed by atoms with Crippen LogP contribution in [0.25, 0.3) is 10.9 Å². The van der Waals surface area contributed by atoms with Gasteiger partial charge in [0.25, 0.3) is 0 Å². The van der Waals surface area contributed by atoms with E-state index < -0.39 is 0 Å². The molecular formula is C16H20N2S. The van der Waals surface area contributed by atoms with Gasteiger partial charge in [-0.05, 0) is 30.2 Å². The minimum absolute atomic E-state index is 0.637. The maximum atomic E-state index is 4.52. The number of aromatic nitrogens is 1. The Bertz CT molecular complexity index is 550. The molecular weight excluding hydrogens is 252 g/mol. The van der Waals surface area contributed by atoms with Crippen molar-refractivity contribution in [3.8, 4) is 0 Å². The summed E-state index contributed by atoms with van der Waals surface area (Å²) in [5, 5.41) is 5.67. The Morgan fingerprint density at radius 1 is 1.32 bits per heavy atom. The minimum Gasteiger partial charge on any atom is -0.309 e. The zero-order valence-electron chi connectivity index (χ0n) is 11.3. The van der Waals surface area contributed by atoms with Crippen LogP contribution in [0, 0.1) is 0 Å². The largest absolute Gasteiger partial charge is 0.309 e. The summed E-state index contributed by atoms with van der Waals surface area (Å²) in [6.45, 7) is 3.26. The topological polar surface area (TPSA) is 24.9 Å². The van der Waals surface area contributed by atoms with E-state index >= 15 is 0 Å². The number of nitrogens with zero attached hydrogens (tertiary/aromatic N) is 1. The molecule has 0 radical (unpaired) electrons. The molecule has 2 unspecified atom stereocenters. The van der Waals surface area contributed by atoms with Gasteiger partial charge >= 0.3 is 0 Å². The van der Waals surface area contributed by atoms with E-state index in [-0.39, 0.29) is 0 Å². The van der Waals surface area contributed by atoms with Crippen LogP contribution in [-0.2, 0) is 6.54 Å². The summed E-state index contributed by atoms with van der Waals surface area (Å²) in [4.78, 5) is 4.52. The van der Waals surface area contributed by atoms with Crippen molar-refractivity contribution in [1.82, 2.24) is 10.3 Å². The molecule has 19 heavy (non-hydrogen) atoms. The molecule has 1 fully saturated rings. The number of pyridine rings is 1. The molecule has 2 aromatic rings. The van der Waals surface area contributed by atoms with Crippen LogP contribution in [0.1, 0.15) is 25.3 Å². The van der Waals surface area contributed by atoms with Crippen molar-refractivity contribution in [2.75, 3.05) is 5.75 Å². The van der Waals surface area contributed by atoms with Crippen LogP contribution in [0.4, 0.5) is 0 Å². The van der Waals surface area contributed by atoms with Crippen LogP contribution in [0.15, 0.2) is 36.5 Å². The van der Waals surface area contributed by atoms with Crippen LogP contribution in [0.5, 0.6) is 0 Å². The van der Waals surface area contributed by atoms with Gasteiger partial charge in [-0.2, -0.15) is 11.8 Å². The van der Waals surface area contributed by atoms with Crippen LogP contribution in [0.3, 0.4) is 0 Å². The maximum Gasteiger partial charge on any atom is 0.0746 e. The summed E-state index contributed by atoms with van der Waals surface area (Å²) >= 11 is 2.09. The quantitative estimate of drug-likeness (QED) is 0.924. The zero-order valence-corrected chi connectivity index (χ0v) is 12.1. The van der Waals surface area contributed by atoms with Gasteiger partial charge in [0.2, 0.25) is 0 Å². The van der Waals surface area contributed by atoms with Gasteiger partial charge in [0.05, 0.1) is 5.52 Å². The first-order valence-electron chi connectivity index (χ1n) is 7.02. The third-order valence-electron chi connectivity index (χ3n) is 3.88. The summed E-state index contributed by atoms with van der Waals surface area (Å²) in [6, 6.07) is 11.2. The standard InChI is InChI=1S/C16H20N2S/c1-12-15(8-4-10-19-12)18-11-14-6-2-5-13-7-3-9-17-16(13)14/h2-3,5-7,9,12,15,18H,4,8,10-11H2,1H3. The van der Waals surface area contributed by atoms with Crippen molar-refractivity contribution in [2.24, 2.45) is 0 Å². The molecule has 100 valence electrons. The van der Waals surface area contributed by atoms with E-state index in [1.54, 1.807) is 0 Å². The van der Waals surface area contributed by atoms with Crippen molar-refractivity contribution in [1.29, 1.82) is 0 Å². The number of para-hydroxylation sites is 1. The lowest BCUT2D eigenvalue weighted by Gasteiger charge is -2.29. The van der Waals surface area contributed by atoms with E-state index in [9.17, 15) is 0 Å². The lowest BCUT2D eigenvalue weighted by atomic mass is 10.1. The molecule has 1 aliphatic rings. The molecule has 3 heteroatoms. The van der Waals surface area contributed by atoms with E-state index in [1.165, 1.54) is 29.5 Å². The molecule has 1 saturated heterocycles. The van der Waals surface area contributed by atoms with E-state index in [1.807, 2.05) is 12.3 Å². The summed E-state index contributed by atoms with van der Waals surface area (Å²) < 4.78 is 0. The molecule has 1 N–H and O–H groups in total. The predicted molar refractivity (Wildman–Crippen MR) is 83.5 cm³/mol. The Morgan fingerprint density at radius 2 is 2.21 bits per heavy atom. The Labute approximate surface area is 119 Å². The third-order valence-corrected chi connectivity index (χ3v) is 5.26. The molecule has 0 spiro atoms. The van der Waals surface area contributed by atoms with Gasteiger partial charge in [-0.3, -0.25) is 4.98 Å². The van der Waals surface area contributed by atoms with Gasteiger partial charge in [-0.25, -0.2) is 0 Å². The Hall–Kier alpha value is -1.06. The first kappa shape index (κ1) is 12.9.